The Morgan fingerprint density at radius 3 is 2.36 bits per heavy atom. The van der Waals surface area contributed by atoms with Gasteiger partial charge >= 0.3 is 5.97 Å². The highest BCUT2D eigenvalue weighted by molar-refractivity contribution is 6.33. The minimum absolute atomic E-state index is 0.0320. The zero-order valence-corrected chi connectivity index (χ0v) is 21.8. The average Bonchev–Trinajstić information content (AvgIpc) is 3.00. The highest BCUT2D eigenvalue weighted by Crippen LogP contribution is 2.34. The largest absolute Gasteiger partial charge is 0.452 e. The quantitative estimate of drug-likeness (QED) is 0.184. The molecule has 1 unspecified atom stereocenters. The lowest BCUT2D eigenvalue weighted by atomic mass is 9.86. The van der Waals surface area contributed by atoms with Crippen molar-refractivity contribution in [3.63, 3.8) is 0 Å². The van der Waals surface area contributed by atoms with Gasteiger partial charge in [0.2, 0.25) is 6.29 Å². The number of allylic oxidation sites excluding steroid dienone is 1. The van der Waals surface area contributed by atoms with E-state index in [2.05, 4.69) is 43.0 Å². The number of halogens is 1. The fourth-order valence-electron chi connectivity index (χ4n) is 3.42. The SMILES string of the molecule is CCCCC(=O)OC(C)O/C(=C(/C=N\C)c1ccc(C(C)(C)C)cc1)c1c(Cl)c(C)nn1C. The molecule has 0 amide bonds. The van der Waals surface area contributed by atoms with Crippen molar-refractivity contribution in [1.29, 1.82) is 0 Å². The molecule has 0 saturated heterocycles. The summed E-state index contributed by atoms with van der Waals surface area (Å²) in [7, 11) is 3.50. The Morgan fingerprint density at radius 1 is 1.24 bits per heavy atom. The zero-order chi connectivity index (χ0) is 24.8. The molecular weight excluding hydrogens is 438 g/mol. The summed E-state index contributed by atoms with van der Waals surface area (Å²) in [6, 6.07) is 8.27. The first-order valence-corrected chi connectivity index (χ1v) is 11.7. The van der Waals surface area contributed by atoms with E-state index in [0.29, 0.717) is 28.6 Å². The Labute approximate surface area is 202 Å². The molecule has 0 radical (unpaired) electrons. The van der Waals surface area contributed by atoms with Crippen LogP contribution in [0.5, 0.6) is 0 Å². The summed E-state index contributed by atoms with van der Waals surface area (Å²) < 4.78 is 13.4. The summed E-state index contributed by atoms with van der Waals surface area (Å²) in [4.78, 5) is 16.4. The van der Waals surface area contributed by atoms with Crippen LogP contribution in [0.4, 0.5) is 0 Å². The zero-order valence-electron chi connectivity index (χ0n) is 21.0. The molecule has 0 N–H and O–H groups in total. The Morgan fingerprint density at radius 2 is 1.88 bits per heavy atom. The van der Waals surface area contributed by atoms with Gasteiger partial charge < -0.3 is 9.47 Å². The van der Waals surface area contributed by atoms with Crippen molar-refractivity contribution in [3.8, 4) is 0 Å². The van der Waals surface area contributed by atoms with Crippen molar-refractivity contribution in [2.45, 2.75) is 72.5 Å². The maximum Gasteiger partial charge on any atom is 0.308 e. The molecule has 1 aromatic carbocycles. The fourth-order valence-corrected chi connectivity index (χ4v) is 3.67. The van der Waals surface area contributed by atoms with E-state index in [0.717, 1.165) is 24.0 Å². The van der Waals surface area contributed by atoms with E-state index < -0.39 is 6.29 Å². The average molecular weight is 474 g/mol. The maximum absolute atomic E-state index is 12.2. The summed E-state index contributed by atoms with van der Waals surface area (Å²) in [5.74, 6) is 0.157. The first-order valence-electron chi connectivity index (χ1n) is 11.3. The predicted octanol–water partition coefficient (Wildman–Crippen LogP) is 6.34. The van der Waals surface area contributed by atoms with Crippen LogP contribution in [0.15, 0.2) is 29.3 Å². The van der Waals surface area contributed by atoms with Crippen LogP contribution in [-0.2, 0) is 26.7 Å². The normalized spacial score (nSPS) is 13.7. The smallest absolute Gasteiger partial charge is 0.308 e. The molecule has 7 heteroatoms. The second-order valence-electron chi connectivity index (χ2n) is 9.11. The van der Waals surface area contributed by atoms with E-state index in [4.69, 9.17) is 21.1 Å². The highest BCUT2D eigenvalue weighted by atomic mass is 35.5. The van der Waals surface area contributed by atoms with Crippen LogP contribution < -0.4 is 0 Å². The fraction of sp³-hybridized carbons (Fsp3) is 0.500. The van der Waals surface area contributed by atoms with Gasteiger partial charge in [0.25, 0.3) is 0 Å². The minimum Gasteiger partial charge on any atom is -0.452 e. The van der Waals surface area contributed by atoms with E-state index >= 15 is 0 Å². The van der Waals surface area contributed by atoms with Gasteiger partial charge in [0, 0.05) is 39.2 Å². The standard InChI is InChI=1S/C26H36ClN3O3/c1-9-10-11-22(31)32-18(3)33-25(24-23(27)17(2)29-30(24)8)21(16-28-7)19-12-14-20(15-13-19)26(4,5)6/h12-16,18H,9-11H2,1-8H3/b25-21-,28-16-. The Balaban J connectivity index is 2.60. The third-order valence-electron chi connectivity index (χ3n) is 5.24. The lowest BCUT2D eigenvalue weighted by Gasteiger charge is -2.22. The molecule has 0 bridgehead atoms. The number of unbranched alkanes of at least 4 members (excludes halogenated alkanes) is 1. The number of hydrogen-bond acceptors (Lipinski definition) is 5. The van der Waals surface area contributed by atoms with Gasteiger partial charge in [-0.2, -0.15) is 5.10 Å². The van der Waals surface area contributed by atoms with Crippen LogP contribution in [0, 0.1) is 6.92 Å². The first kappa shape index (κ1) is 26.7. The molecule has 1 heterocycles. The second kappa shape index (κ2) is 11.5. The molecule has 33 heavy (non-hydrogen) atoms. The molecule has 0 saturated carbocycles. The maximum atomic E-state index is 12.2. The minimum atomic E-state index is -0.815. The highest BCUT2D eigenvalue weighted by Gasteiger charge is 2.24. The first-order chi connectivity index (χ1) is 15.5. The van der Waals surface area contributed by atoms with Gasteiger partial charge in [-0.1, -0.05) is 70.0 Å². The monoisotopic (exact) mass is 473 g/mol. The third kappa shape index (κ3) is 6.94. The van der Waals surface area contributed by atoms with Crippen molar-refractivity contribution in [3.05, 3.63) is 51.8 Å². The molecule has 0 aliphatic heterocycles. The second-order valence-corrected chi connectivity index (χ2v) is 9.49. The van der Waals surface area contributed by atoms with Crippen molar-refractivity contribution < 1.29 is 14.3 Å². The van der Waals surface area contributed by atoms with Gasteiger partial charge in [-0.15, -0.1) is 0 Å². The summed E-state index contributed by atoms with van der Waals surface area (Å²) in [5, 5.41) is 4.92. The summed E-state index contributed by atoms with van der Waals surface area (Å²) >= 11 is 6.63. The third-order valence-corrected chi connectivity index (χ3v) is 5.70. The van der Waals surface area contributed by atoms with Crippen LogP contribution in [0.1, 0.15) is 76.4 Å². The molecular formula is C26H36ClN3O3. The summed E-state index contributed by atoms with van der Waals surface area (Å²) in [6.07, 6.45) is 2.96. The van der Waals surface area contributed by atoms with Gasteiger partial charge in [-0.3, -0.25) is 14.5 Å². The van der Waals surface area contributed by atoms with Crippen molar-refractivity contribution in [1.82, 2.24) is 9.78 Å². The number of hydrogen-bond donors (Lipinski definition) is 0. The number of aryl methyl sites for hydroxylation is 2. The van der Waals surface area contributed by atoms with Crippen molar-refractivity contribution >= 4 is 35.1 Å². The number of benzene rings is 1. The van der Waals surface area contributed by atoms with Gasteiger partial charge in [-0.05, 0) is 29.9 Å². The van der Waals surface area contributed by atoms with Crippen LogP contribution >= 0.6 is 11.6 Å². The predicted molar refractivity (Wildman–Crippen MR) is 135 cm³/mol. The van der Waals surface area contributed by atoms with E-state index in [1.54, 1.807) is 31.9 Å². The summed E-state index contributed by atoms with van der Waals surface area (Å²) in [5.41, 5.74) is 4.15. The molecule has 1 aromatic heterocycles. The molecule has 2 rings (SSSR count). The van der Waals surface area contributed by atoms with E-state index in [-0.39, 0.29) is 11.4 Å². The lowest BCUT2D eigenvalue weighted by Crippen LogP contribution is -2.19. The Kier molecular flexibility index (Phi) is 9.29. The molecule has 180 valence electrons. The van der Waals surface area contributed by atoms with Crippen molar-refractivity contribution in [2.75, 3.05) is 7.05 Å². The Hall–Kier alpha value is -2.60. The molecule has 2 aromatic rings. The Bertz CT molecular complexity index is 1010. The lowest BCUT2D eigenvalue weighted by molar-refractivity contribution is -0.164. The summed E-state index contributed by atoms with van der Waals surface area (Å²) in [6.45, 7) is 12.1. The number of ether oxygens (including phenoxy) is 2. The van der Waals surface area contributed by atoms with Crippen LogP contribution in [0.3, 0.4) is 0 Å². The van der Waals surface area contributed by atoms with E-state index in [9.17, 15) is 4.79 Å². The number of aliphatic imine (C=N–C) groups is 1. The number of carbonyl (C=O) groups is 1. The van der Waals surface area contributed by atoms with Gasteiger partial charge in [0.05, 0.1) is 10.7 Å². The molecule has 0 aliphatic carbocycles. The van der Waals surface area contributed by atoms with Gasteiger partial charge in [0.15, 0.2) is 5.76 Å². The number of aromatic nitrogens is 2. The van der Waals surface area contributed by atoms with Crippen LogP contribution in [0.2, 0.25) is 5.02 Å². The number of esters is 1. The van der Waals surface area contributed by atoms with Gasteiger partial charge in [-0.25, -0.2) is 0 Å². The number of rotatable bonds is 9. The molecule has 0 spiro atoms. The number of carbonyl (C=O) groups excluding carboxylic acids is 1. The number of nitrogens with zero attached hydrogens (tertiary/aromatic N) is 3. The molecule has 6 nitrogen and oxygen atoms in total. The molecule has 1 atom stereocenters. The van der Waals surface area contributed by atoms with E-state index in [1.807, 2.05) is 26.0 Å². The van der Waals surface area contributed by atoms with Gasteiger partial charge in [0.1, 0.15) is 5.69 Å². The van der Waals surface area contributed by atoms with E-state index in [1.165, 1.54) is 5.56 Å². The topological polar surface area (TPSA) is 65.7 Å². The van der Waals surface area contributed by atoms with Crippen LogP contribution in [-0.4, -0.2) is 35.3 Å². The van der Waals surface area contributed by atoms with Crippen molar-refractivity contribution in [2.24, 2.45) is 12.0 Å². The molecule has 0 fully saturated rings. The molecule has 0 aliphatic rings. The van der Waals surface area contributed by atoms with Crippen LogP contribution in [0.25, 0.3) is 11.3 Å².